The van der Waals surface area contributed by atoms with Crippen LogP contribution >= 0.6 is 0 Å². The van der Waals surface area contributed by atoms with Gasteiger partial charge in [-0.3, -0.25) is 4.79 Å². The Morgan fingerprint density at radius 3 is 2.84 bits per heavy atom. The SMILES string of the molecule is CC1CCCN(C(=O)c2cc(N)nc(C(C)C)c2)C1. The molecule has 1 atom stereocenters. The van der Waals surface area contributed by atoms with Crippen molar-refractivity contribution in [3.63, 3.8) is 0 Å². The fraction of sp³-hybridized carbons (Fsp3) is 0.600. The average Bonchev–Trinajstić information content (AvgIpc) is 2.37. The van der Waals surface area contributed by atoms with Crippen LogP contribution in [0.2, 0.25) is 0 Å². The summed E-state index contributed by atoms with van der Waals surface area (Å²) in [5, 5.41) is 0. The van der Waals surface area contributed by atoms with Crippen molar-refractivity contribution < 1.29 is 4.79 Å². The molecule has 2 rings (SSSR count). The molecule has 1 unspecified atom stereocenters. The fourth-order valence-corrected chi connectivity index (χ4v) is 2.55. The Bertz CT molecular complexity index is 470. The number of hydrogen-bond donors (Lipinski definition) is 1. The average molecular weight is 261 g/mol. The maximum absolute atomic E-state index is 12.5. The molecule has 19 heavy (non-hydrogen) atoms. The van der Waals surface area contributed by atoms with Crippen molar-refractivity contribution in [3.05, 3.63) is 23.4 Å². The van der Waals surface area contributed by atoms with Crippen LogP contribution in [0, 0.1) is 5.92 Å². The lowest BCUT2D eigenvalue weighted by Gasteiger charge is -2.31. The number of nitrogens with two attached hydrogens (primary N) is 1. The van der Waals surface area contributed by atoms with Crippen LogP contribution in [0.15, 0.2) is 12.1 Å². The summed E-state index contributed by atoms with van der Waals surface area (Å²) in [7, 11) is 0. The molecule has 2 heterocycles. The Hall–Kier alpha value is -1.58. The van der Waals surface area contributed by atoms with E-state index in [1.54, 1.807) is 6.07 Å². The molecule has 0 spiro atoms. The van der Waals surface area contributed by atoms with Crippen molar-refractivity contribution in [1.29, 1.82) is 0 Å². The van der Waals surface area contributed by atoms with Crippen molar-refractivity contribution in [2.24, 2.45) is 5.92 Å². The summed E-state index contributed by atoms with van der Waals surface area (Å²) < 4.78 is 0. The number of piperidine rings is 1. The normalized spacial score (nSPS) is 19.8. The zero-order valence-electron chi connectivity index (χ0n) is 12.0. The summed E-state index contributed by atoms with van der Waals surface area (Å²) in [6.07, 6.45) is 2.30. The van der Waals surface area contributed by atoms with Crippen molar-refractivity contribution in [2.45, 2.75) is 39.5 Å². The van der Waals surface area contributed by atoms with E-state index in [9.17, 15) is 4.79 Å². The molecular weight excluding hydrogens is 238 g/mol. The maximum Gasteiger partial charge on any atom is 0.254 e. The molecule has 1 aliphatic heterocycles. The first-order chi connectivity index (χ1) is 8.97. The van der Waals surface area contributed by atoms with Crippen LogP contribution in [0.25, 0.3) is 0 Å². The number of amides is 1. The number of rotatable bonds is 2. The molecule has 0 aliphatic carbocycles. The zero-order chi connectivity index (χ0) is 14.0. The minimum absolute atomic E-state index is 0.0857. The van der Waals surface area contributed by atoms with Gasteiger partial charge in [-0.1, -0.05) is 20.8 Å². The Morgan fingerprint density at radius 1 is 1.47 bits per heavy atom. The van der Waals surface area contributed by atoms with Crippen LogP contribution in [0.3, 0.4) is 0 Å². The Balaban J connectivity index is 2.23. The van der Waals surface area contributed by atoms with Crippen molar-refractivity contribution in [2.75, 3.05) is 18.8 Å². The minimum atomic E-state index is 0.0857. The molecular formula is C15H23N3O. The van der Waals surface area contributed by atoms with Crippen LogP contribution in [0.1, 0.15) is 55.6 Å². The highest BCUT2D eigenvalue weighted by atomic mass is 16.2. The summed E-state index contributed by atoms with van der Waals surface area (Å²) >= 11 is 0. The first kappa shape index (κ1) is 13.8. The van der Waals surface area contributed by atoms with Gasteiger partial charge in [0.15, 0.2) is 0 Å². The number of carbonyl (C=O) groups excluding carboxylic acids is 1. The molecule has 4 heteroatoms. The smallest absolute Gasteiger partial charge is 0.254 e. The van der Waals surface area contributed by atoms with Gasteiger partial charge in [0.05, 0.1) is 0 Å². The van der Waals surface area contributed by atoms with Crippen LogP contribution in [-0.4, -0.2) is 28.9 Å². The van der Waals surface area contributed by atoms with Crippen LogP contribution in [0.5, 0.6) is 0 Å². The van der Waals surface area contributed by atoms with E-state index in [-0.39, 0.29) is 11.8 Å². The summed E-state index contributed by atoms with van der Waals surface area (Å²) in [5.74, 6) is 1.37. The number of aromatic nitrogens is 1. The second kappa shape index (κ2) is 5.59. The number of pyridine rings is 1. The highest BCUT2D eigenvalue weighted by molar-refractivity contribution is 5.95. The van der Waals surface area contributed by atoms with Gasteiger partial charge < -0.3 is 10.6 Å². The van der Waals surface area contributed by atoms with E-state index in [0.29, 0.717) is 17.3 Å². The van der Waals surface area contributed by atoms with Gasteiger partial charge in [0.1, 0.15) is 5.82 Å². The van der Waals surface area contributed by atoms with Gasteiger partial charge in [0, 0.05) is 24.3 Å². The van der Waals surface area contributed by atoms with E-state index in [2.05, 4.69) is 25.8 Å². The summed E-state index contributed by atoms with van der Waals surface area (Å²) in [4.78, 5) is 18.7. The fourth-order valence-electron chi connectivity index (χ4n) is 2.55. The van der Waals surface area contributed by atoms with E-state index in [0.717, 1.165) is 25.2 Å². The topological polar surface area (TPSA) is 59.2 Å². The standard InChI is InChI=1S/C15H23N3O/c1-10(2)13-7-12(8-14(16)17-13)15(19)18-6-4-5-11(3)9-18/h7-8,10-11H,4-6,9H2,1-3H3,(H2,16,17). The number of nitrogens with zero attached hydrogens (tertiary/aromatic N) is 2. The Labute approximate surface area is 115 Å². The summed E-state index contributed by atoms with van der Waals surface area (Å²) in [5.41, 5.74) is 7.36. The van der Waals surface area contributed by atoms with E-state index >= 15 is 0 Å². The molecule has 104 valence electrons. The predicted octanol–water partition coefficient (Wildman–Crippen LogP) is 2.66. The number of nitrogen functional groups attached to an aromatic ring is 1. The molecule has 1 aromatic heterocycles. The number of likely N-dealkylation sites (tertiary alicyclic amines) is 1. The summed E-state index contributed by atoms with van der Waals surface area (Å²) in [6.45, 7) is 8.00. The zero-order valence-corrected chi connectivity index (χ0v) is 12.0. The lowest BCUT2D eigenvalue weighted by atomic mass is 9.99. The second-order valence-corrected chi connectivity index (χ2v) is 5.86. The highest BCUT2D eigenvalue weighted by Crippen LogP contribution is 2.21. The minimum Gasteiger partial charge on any atom is -0.384 e. The quantitative estimate of drug-likeness (QED) is 0.890. The molecule has 0 bridgehead atoms. The van der Waals surface area contributed by atoms with Crippen LogP contribution < -0.4 is 5.73 Å². The van der Waals surface area contributed by atoms with Gasteiger partial charge in [-0.25, -0.2) is 4.98 Å². The van der Waals surface area contributed by atoms with E-state index in [1.165, 1.54) is 6.42 Å². The molecule has 1 saturated heterocycles. The third-order valence-electron chi connectivity index (χ3n) is 3.65. The first-order valence-corrected chi connectivity index (χ1v) is 7.04. The van der Waals surface area contributed by atoms with Gasteiger partial charge in [-0.15, -0.1) is 0 Å². The van der Waals surface area contributed by atoms with Gasteiger partial charge >= 0.3 is 0 Å². The molecule has 1 amide bonds. The van der Waals surface area contributed by atoms with Crippen molar-refractivity contribution in [3.8, 4) is 0 Å². The maximum atomic E-state index is 12.5. The van der Waals surface area contributed by atoms with E-state index in [4.69, 9.17) is 5.73 Å². The van der Waals surface area contributed by atoms with E-state index < -0.39 is 0 Å². The van der Waals surface area contributed by atoms with Gasteiger partial charge in [0.2, 0.25) is 0 Å². The van der Waals surface area contributed by atoms with Gasteiger partial charge in [-0.2, -0.15) is 0 Å². The third-order valence-corrected chi connectivity index (χ3v) is 3.65. The number of hydrogen-bond acceptors (Lipinski definition) is 3. The molecule has 1 fully saturated rings. The molecule has 4 nitrogen and oxygen atoms in total. The molecule has 0 radical (unpaired) electrons. The van der Waals surface area contributed by atoms with E-state index in [1.807, 2.05) is 11.0 Å². The monoisotopic (exact) mass is 261 g/mol. The first-order valence-electron chi connectivity index (χ1n) is 7.04. The van der Waals surface area contributed by atoms with Crippen molar-refractivity contribution in [1.82, 2.24) is 9.88 Å². The lowest BCUT2D eigenvalue weighted by molar-refractivity contribution is 0.0683. The number of carbonyl (C=O) groups is 1. The highest BCUT2D eigenvalue weighted by Gasteiger charge is 2.22. The van der Waals surface area contributed by atoms with Crippen LogP contribution in [0.4, 0.5) is 5.82 Å². The van der Waals surface area contributed by atoms with Gasteiger partial charge in [-0.05, 0) is 36.8 Å². The molecule has 0 saturated carbocycles. The van der Waals surface area contributed by atoms with Gasteiger partial charge in [0.25, 0.3) is 5.91 Å². The Morgan fingerprint density at radius 2 is 2.21 bits per heavy atom. The Kier molecular flexibility index (Phi) is 4.08. The molecule has 2 N–H and O–H groups in total. The van der Waals surface area contributed by atoms with Crippen molar-refractivity contribution >= 4 is 11.7 Å². The molecule has 0 aromatic carbocycles. The lowest BCUT2D eigenvalue weighted by Crippen LogP contribution is -2.39. The number of anilines is 1. The predicted molar refractivity (Wildman–Crippen MR) is 77.0 cm³/mol. The second-order valence-electron chi connectivity index (χ2n) is 5.86. The largest absolute Gasteiger partial charge is 0.384 e. The third kappa shape index (κ3) is 3.25. The molecule has 1 aromatic rings. The molecule has 1 aliphatic rings. The summed E-state index contributed by atoms with van der Waals surface area (Å²) in [6, 6.07) is 3.57. The van der Waals surface area contributed by atoms with Crippen LogP contribution in [-0.2, 0) is 0 Å².